The van der Waals surface area contributed by atoms with Crippen molar-refractivity contribution in [3.05, 3.63) is 11.6 Å². The average Bonchev–Trinajstić information content (AvgIpc) is 2.32. The molecular formula is C12H15NO5. The zero-order valence-electron chi connectivity index (χ0n) is 10.2. The molecule has 1 aliphatic carbocycles. The largest absolute Gasteiger partial charge is 0.481 e. The van der Waals surface area contributed by atoms with Crippen molar-refractivity contribution in [2.75, 3.05) is 7.05 Å². The summed E-state index contributed by atoms with van der Waals surface area (Å²) in [6.07, 6.45) is 2.26. The Balaban J connectivity index is 2.55. The normalized spacial score (nSPS) is 34.4. The molecule has 98 valence electrons. The van der Waals surface area contributed by atoms with Gasteiger partial charge in [-0.2, -0.15) is 0 Å². The van der Waals surface area contributed by atoms with Gasteiger partial charge in [0.25, 0.3) is 0 Å². The number of hydrogen-bond donors (Lipinski definition) is 2. The van der Waals surface area contributed by atoms with Crippen LogP contribution in [-0.4, -0.2) is 46.0 Å². The number of amides is 1. The van der Waals surface area contributed by atoms with Crippen LogP contribution in [0.5, 0.6) is 0 Å². The number of piperidine rings is 1. The summed E-state index contributed by atoms with van der Waals surface area (Å²) in [7, 11) is 1.54. The molecule has 2 N–H and O–H groups in total. The number of rotatable bonds is 3. The molecule has 1 saturated heterocycles. The van der Waals surface area contributed by atoms with Crippen LogP contribution >= 0.6 is 0 Å². The Morgan fingerprint density at radius 1 is 1.28 bits per heavy atom. The molecule has 18 heavy (non-hydrogen) atoms. The molecule has 3 aliphatic rings. The van der Waals surface area contributed by atoms with Crippen LogP contribution in [0, 0.1) is 17.8 Å². The summed E-state index contributed by atoms with van der Waals surface area (Å²) in [6.45, 7) is 1.87. The minimum atomic E-state index is -1.22. The molecule has 0 aromatic heterocycles. The number of carboxylic acid groups (broad SMARTS) is 2. The zero-order valence-corrected chi connectivity index (χ0v) is 10.2. The van der Waals surface area contributed by atoms with Crippen molar-refractivity contribution >= 4 is 17.8 Å². The second kappa shape index (κ2) is 4.12. The molecule has 3 rings (SSSR count). The van der Waals surface area contributed by atoms with E-state index in [9.17, 15) is 24.6 Å². The molecule has 0 aromatic carbocycles. The van der Waals surface area contributed by atoms with Crippen LogP contribution < -0.4 is 0 Å². The first kappa shape index (κ1) is 12.6. The van der Waals surface area contributed by atoms with E-state index in [1.165, 1.54) is 11.9 Å². The average molecular weight is 253 g/mol. The van der Waals surface area contributed by atoms with Crippen LogP contribution in [0.25, 0.3) is 0 Å². The quantitative estimate of drug-likeness (QED) is 0.700. The SMILES string of the molecule is CCC1=CC2C(=O)N(C)C1C(C(=O)O)C2C(=O)O. The van der Waals surface area contributed by atoms with E-state index in [2.05, 4.69) is 0 Å². The van der Waals surface area contributed by atoms with Gasteiger partial charge in [-0.3, -0.25) is 14.4 Å². The van der Waals surface area contributed by atoms with E-state index in [4.69, 9.17) is 0 Å². The van der Waals surface area contributed by atoms with Crippen molar-refractivity contribution in [2.45, 2.75) is 19.4 Å². The van der Waals surface area contributed by atoms with E-state index in [1.807, 2.05) is 6.92 Å². The van der Waals surface area contributed by atoms with Crippen LogP contribution in [0.3, 0.4) is 0 Å². The lowest BCUT2D eigenvalue weighted by Gasteiger charge is -2.48. The third-order valence-electron chi connectivity index (χ3n) is 3.92. The second-order valence-electron chi connectivity index (χ2n) is 4.74. The van der Waals surface area contributed by atoms with Crippen molar-refractivity contribution in [1.82, 2.24) is 4.90 Å². The van der Waals surface area contributed by atoms with Gasteiger partial charge in [0.1, 0.15) is 0 Å². The smallest absolute Gasteiger partial charge is 0.309 e. The fourth-order valence-electron chi connectivity index (χ4n) is 3.09. The minimum absolute atomic E-state index is 0.304. The van der Waals surface area contributed by atoms with Gasteiger partial charge in [0.2, 0.25) is 5.91 Å². The number of carboxylic acids is 2. The first-order valence-electron chi connectivity index (χ1n) is 5.83. The summed E-state index contributed by atoms with van der Waals surface area (Å²) in [5.41, 5.74) is 0.840. The highest BCUT2D eigenvalue weighted by Crippen LogP contribution is 2.44. The van der Waals surface area contributed by atoms with E-state index < -0.39 is 35.7 Å². The molecule has 1 fully saturated rings. The van der Waals surface area contributed by atoms with Gasteiger partial charge in [0.05, 0.1) is 23.8 Å². The minimum Gasteiger partial charge on any atom is -0.481 e. The number of likely N-dealkylation sites (N-methyl/N-ethyl adjacent to an activating group) is 1. The lowest BCUT2D eigenvalue weighted by atomic mass is 9.65. The topological polar surface area (TPSA) is 94.9 Å². The summed E-state index contributed by atoms with van der Waals surface area (Å²) >= 11 is 0. The van der Waals surface area contributed by atoms with Crippen molar-refractivity contribution in [3.63, 3.8) is 0 Å². The zero-order chi connectivity index (χ0) is 13.6. The van der Waals surface area contributed by atoms with Crippen molar-refractivity contribution < 1.29 is 24.6 Å². The molecule has 4 unspecified atom stereocenters. The van der Waals surface area contributed by atoms with Gasteiger partial charge in [-0.05, 0) is 6.42 Å². The Bertz CT molecular complexity index is 455. The Kier molecular flexibility index (Phi) is 2.88. The van der Waals surface area contributed by atoms with E-state index >= 15 is 0 Å². The number of nitrogens with zero attached hydrogens (tertiary/aromatic N) is 1. The molecule has 0 spiro atoms. The lowest BCUT2D eigenvalue weighted by molar-refractivity contribution is -0.169. The molecular weight excluding hydrogens is 238 g/mol. The van der Waals surface area contributed by atoms with E-state index in [-0.39, 0.29) is 5.91 Å². The maximum absolute atomic E-state index is 12.0. The molecule has 6 nitrogen and oxygen atoms in total. The second-order valence-corrected chi connectivity index (χ2v) is 4.74. The van der Waals surface area contributed by atoms with Crippen molar-refractivity contribution in [3.8, 4) is 0 Å². The highest BCUT2D eigenvalue weighted by Gasteiger charge is 2.56. The molecule has 6 heteroatoms. The molecule has 0 radical (unpaired) electrons. The fourth-order valence-corrected chi connectivity index (χ4v) is 3.09. The van der Waals surface area contributed by atoms with Crippen LogP contribution in [-0.2, 0) is 14.4 Å². The van der Waals surface area contributed by atoms with E-state index in [1.54, 1.807) is 6.08 Å². The predicted molar refractivity (Wildman–Crippen MR) is 60.7 cm³/mol. The van der Waals surface area contributed by atoms with Crippen molar-refractivity contribution in [1.29, 1.82) is 0 Å². The molecule has 2 heterocycles. The van der Waals surface area contributed by atoms with Gasteiger partial charge in [-0.1, -0.05) is 18.6 Å². The standard InChI is InChI=1S/C12H15NO5/c1-3-5-4-6-7(11(15)16)8(12(17)18)9(5)13(2)10(6)14/h4,6-9H,3H2,1-2H3,(H,15,16)(H,17,18). The lowest BCUT2D eigenvalue weighted by Crippen LogP contribution is -2.62. The van der Waals surface area contributed by atoms with Crippen LogP contribution in [0.2, 0.25) is 0 Å². The third kappa shape index (κ3) is 1.52. The van der Waals surface area contributed by atoms with Crippen LogP contribution in [0.1, 0.15) is 13.3 Å². The summed E-state index contributed by atoms with van der Waals surface area (Å²) in [6, 6.07) is -0.633. The number of fused-ring (bicyclic) bond motifs is 2. The van der Waals surface area contributed by atoms with Gasteiger partial charge in [-0.25, -0.2) is 0 Å². The van der Waals surface area contributed by atoms with Gasteiger partial charge < -0.3 is 15.1 Å². The molecule has 4 atom stereocenters. The van der Waals surface area contributed by atoms with Gasteiger partial charge in [0, 0.05) is 7.05 Å². The Morgan fingerprint density at radius 2 is 1.83 bits per heavy atom. The van der Waals surface area contributed by atoms with Crippen LogP contribution in [0.4, 0.5) is 0 Å². The monoisotopic (exact) mass is 253 g/mol. The predicted octanol–water partition coefficient (Wildman–Crippen LogP) is 0.195. The van der Waals surface area contributed by atoms with Gasteiger partial charge in [-0.15, -0.1) is 0 Å². The van der Waals surface area contributed by atoms with E-state index in [0.717, 1.165) is 5.57 Å². The highest BCUT2D eigenvalue weighted by molar-refractivity contribution is 5.94. The number of hydrogen-bond acceptors (Lipinski definition) is 3. The third-order valence-corrected chi connectivity index (χ3v) is 3.92. The summed E-state index contributed by atoms with van der Waals surface area (Å²) in [4.78, 5) is 35.9. The van der Waals surface area contributed by atoms with Gasteiger partial charge in [0.15, 0.2) is 0 Å². The molecule has 0 saturated carbocycles. The number of aliphatic carboxylic acids is 2. The Labute approximate surface area is 104 Å². The Hall–Kier alpha value is -1.85. The molecule has 2 bridgehead atoms. The first-order chi connectivity index (χ1) is 8.40. The highest BCUT2D eigenvalue weighted by atomic mass is 16.4. The first-order valence-corrected chi connectivity index (χ1v) is 5.83. The maximum atomic E-state index is 12.0. The molecule has 0 aromatic rings. The summed E-state index contributed by atoms with van der Waals surface area (Å²) < 4.78 is 0. The number of carbonyl (C=O) groups is 3. The van der Waals surface area contributed by atoms with Crippen molar-refractivity contribution in [2.24, 2.45) is 17.8 Å². The molecule has 2 aliphatic heterocycles. The fraction of sp³-hybridized carbons (Fsp3) is 0.583. The van der Waals surface area contributed by atoms with Crippen LogP contribution in [0.15, 0.2) is 11.6 Å². The van der Waals surface area contributed by atoms with E-state index in [0.29, 0.717) is 6.42 Å². The maximum Gasteiger partial charge on any atom is 0.309 e. The Morgan fingerprint density at radius 3 is 2.28 bits per heavy atom. The number of carbonyl (C=O) groups excluding carboxylic acids is 1. The van der Waals surface area contributed by atoms with Gasteiger partial charge >= 0.3 is 11.9 Å². The summed E-state index contributed by atoms with van der Waals surface area (Å²) in [5.74, 6) is -5.75. The summed E-state index contributed by atoms with van der Waals surface area (Å²) in [5, 5.41) is 18.4. The molecule has 1 amide bonds.